The molecule has 2 heteroatoms. The van der Waals surface area contributed by atoms with E-state index in [-0.39, 0.29) is 5.43 Å². The van der Waals surface area contributed by atoms with Crippen LogP contribution in [-0.4, -0.2) is 4.57 Å². The number of benzene rings is 1. The van der Waals surface area contributed by atoms with Gasteiger partial charge in [0.2, 0.25) is 0 Å². The van der Waals surface area contributed by atoms with E-state index in [0.717, 1.165) is 30.3 Å². The van der Waals surface area contributed by atoms with Crippen LogP contribution in [0.5, 0.6) is 0 Å². The van der Waals surface area contributed by atoms with Gasteiger partial charge < -0.3 is 4.57 Å². The van der Waals surface area contributed by atoms with Crippen molar-refractivity contribution in [1.82, 2.24) is 4.57 Å². The largest absolute Gasteiger partial charge is 0.344 e. The van der Waals surface area contributed by atoms with Gasteiger partial charge in [-0.3, -0.25) is 4.79 Å². The molecule has 0 aliphatic carbocycles. The highest BCUT2D eigenvalue weighted by molar-refractivity contribution is 5.79. The van der Waals surface area contributed by atoms with E-state index in [4.69, 9.17) is 0 Å². The summed E-state index contributed by atoms with van der Waals surface area (Å²) in [6.45, 7) is 1.05. The molecule has 0 radical (unpaired) electrons. The second-order valence-corrected chi connectivity index (χ2v) is 3.77. The standard InChI is InChI=1S/C12H11NO/c14-12-8-9-4-3-7-13(9)11-6-2-1-5-10(11)12/h1-2,5-6,8H,3-4,7H2. The van der Waals surface area contributed by atoms with Crippen LogP contribution >= 0.6 is 0 Å². The van der Waals surface area contributed by atoms with Crippen LogP contribution in [0, 0.1) is 0 Å². The van der Waals surface area contributed by atoms with Crippen molar-refractivity contribution in [1.29, 1.82) is 0 Å². The zero-order valence-electron chi connectivity index (χ0n) is 7.86. The molecule has 0 saturated heterocycles. The maximum absolute atomic E-state index is 11.7. The fourth-order valence-corrected chi connectivity index (χ4v) is 2.27. The van der Waals surface area contributed by atoms with Gasteiger partial charge in [-0.2, -0.15) is 0 Å². The first kappa shape index (κ1) is 7.80. The lowest BCUT2D eigenvalue weighted by molar-refractivity contribution is 0.769. The summed E-state index contributed by atoms with van der Waals surface area (Å²) in [6, 6.07) is 9.64. The molecule has 0 fully saturated rings. The van der Waals surface area contributed by atoms with E-state index in [0.29, 0.717) is 0 Å². The molecule has 2 heterocycles. The Bertz CT molecular complexity index is 554. The fraction of sp³-hybridized carbons (Fsp3) is 0.250. The van der Waals surface area contributed by atoms with Gasteiger partial charge in [0.25, 0.3) is 0 Å². The summed E-state index contributed by atoms with van der Waals surface area (Å²) in [5, 5.41) is 0.846. The Labute approximate surface area is 81.8 Å². The predicted octanol–water partition coefficient (Wildman–Crippen LogP) is 1.95. The number of aryl methyl sites for hydroxylation is 2. The van der Waals surface area contributed by atoms with Crippen LogP contribution in [0.4, 0.5) is 0 Å². The Morgan fingerprint density at radius 1 is 1.21 bits per heavy atom. The first-order chi connectivity index (χ1) is 6.86. The van der Waals surface area contributed by atoms with Crippen molar-refractivity contribution >= 4 is 10.9 Å². The van der Waals surface area contributed by atoms with Crippen molar-refractivity contribution in [3.05, 3.63) is 46.2 Å². The van der Waals surface area contributed by atoms with Crippen LogP contribution in [0.1, 0.15) is 12.1 Å². The molecule has 0 saturated carbocycles. The van der Waals surface area contributed by atoms with E-state index in [1.165, 1.54) is 5.69 Å². The normalized spacial score (nSPS) is 14.6. The van der Waals surface area contributed by atoms with Gasteiger partial charge in [-0.25, -0.2) is 0 Å². The monoisotopic (exact) mass is 185 g/mol. The molecule has 1 aliphatic rings. The number of pyridine rings is 1. The van der Waals surface area contributed by atoms with Crippen molar-refractivity contribution in [2.24, 2.45) is 0 Å². The predicted molar refractivity (Wildman–Crippen MR) is 56.5 cm³/mol. The number of rotatable bonds is 0. The molecule has 14 heavy (non-hydrogen) atoms. The van der Waals surface area contributed by atoms with E-state index in [1.807, 2.05) is 24.3 Å². The van der Waals surface area contributed by atoms with E-state index in [1.54, 1.807) is 6.07 Å². The van der Waals surface area contributed by atoms with E-state index >= 15 is 0 Å². The molecule has 1 aromatic heterocycles. The van der Waals surface area contributed by atoms with Gasteiger partial charge in [0.1, 0.15) is 0 Å². The average molecular weight is 185 g/mol. The number of para-hydroxylation sites is 1. The summed E-state index contributed by atoms with van der Waals surface area (Å²) in [7, 11) is 0. The molecular formula is C12H11NO. The molecule has 0 bridgehead atoms. The number of aromatic nitrogens is 1. The molecule has 70 valence electrons. The van der Waals surface area contributed by atoms with Crippen LogP contribution < -0.4 is 5.43 Å². The smallest absolute Gasteiger partial charge is 0.189 e. The SMILES string of the molecule is O=c1cc2n(c3ccccc13)CCC2. The lowest BCUT2D eigenvalue weighted by Gasteiger charge is -2.07. The number of nitrogens with zero attached hydrogens (tertiary/aromatic N) is 1. The highest BCUT2D eigenvalue weighted by Crippen LogP contribution is 2.19. The Morgan fingerprint density at radius 3 is 3.00 bits per heavy atom. The van der Waals surface area contributed by atoms with Gasteiger partial charge in [0.05, 0.1) is 5.52 Å². The third kappa shape index (κ3) is 0.939. The molecule has 1 aliphatic heterocycles. The minimum absolute atomic E-state index is 0.161. The van der Waals surface area contributed by atoms with Gasteiger partial charge >= 0.3 is 0 Å². The van der Waals surface area contributed by atoms with Crippen LogP contribution in [0.15, 0.2) is 35.1 Å². The summed E-state index contributed by atoms with van der Waals surface area (Å²) in [5.41, 5.74) is 2.44. The second-order valence-electron chi connectivity index (χ2n) is 3.77. The molecule has 0 N–H and O–H groups in total. The molecular weight excluding hydrogens is 174 g/mol. The average Bonchev–Trinajstić information content (AvgIpc) is 2.66. The fourth-order valence-electron chi connectivity index (χ4n) is 2.27. The third-order valence-electron chi connectivity index (χ3n) is 2.92. The van der Waals surface area contributed by atoms with E-state index < -0.39 is 0 Å². The van der Waals surface area contributed by atoms with Gasteiger partial charge in [-0.15, -0.1) is 0 Å². The molecule has 2 aromatic rings. The molecule has 2 nitrogen and oxygen atoms in total. The topological polar surface area (TPSA) is 22.0 Å². The maximum atomic E-state index is 11.7. The maximum Gasteiger partial charge on any atom is 0.189 e. The zero-order chi connectivity index (χ0) is 9.54. The van der Waals surface area contributed by atoms with Crippen LogP contribution in [0.2, 0.25) is 0 Å². The van der Waals surface area contributed by atoms with Crippen molar-refractivity contribution in [2.45, 2.75) is 19.4 Å². The Hall–Kier alpha value is -1.57. The van der Waals surface area contributed by atoms with E-state index in [9.17, 15) is 4.79 Å². The van der Waals surface area contributed by atoms with Crippen molar-refractivity contribution in [3.8, 4) is 0 Å². The molecule has 0 unspecified atom stereocenters. The quantitative estimate of drug-likeness (QED) is 0.615. The minimum Gasteiger partial charge on any atom is -0.344 e. The summed E-state index contributed by atoms with van der Waals surface area (Å²) >= 11 is 0. The number of hydrogen-bond donors (Lipinski definition) is 0. The molecule has 0 atom stereocenters. The second kappa shape index (κ2) is 2.71. The Balaban J connectivity index is 2.53. The number of fused-ring (bicyclic) bond motifs is 3. The van der Waals surface area contributed by atoms with Crippen molar-refractivity contribution in [3.63, 3.8) is 0 Å². The minimum atomic E-state index is 0.161. The summed E-state index contributed by atoms with van der Waals surface area (Å²) in [5.74, 6) is 0. The zero-order valence-corrected chi connectivity index (χ0v) is 7.86. The summed E-state index contributed by atoms with van der Waals surface area (Å²) < 4.78 is 2.26. The van der Waals surface area contributed by atoms with Crippen LogP contribution in [-0.2, 0) is 13.0 Å². The van der Waals surface area contributed by atoms with Crippen LogP contribution in [0.3, 0.4) is 0 Å². The van der Waals surface area contributed by atoms with Gasteiger partial charge in [-0.05, 0) is 25.0 Å². The van der Waals surface area contributed by atoms with Crippen molar-refractivity contribution < 1.29 is 0 Å². The van der Waals surface area contributed by atoms with E-state index in [2.05, 4.69) is 4.57 Å². The molecule has 1 aromatic carbocycles. The Kier molecular flexibility index (Phi) is 1.51. The highest BCUT2D eigenvalue weighted by Gasteiger charge is 2.12. The van der Waals surface area contributed by atoms with Crippen molar-refractivity contribution in [2.75, 3.05) is 0 Å². The lowest BCUT2D eigenvalue weighted by Crippen LogP contribution is -2.08. The Morgan fingerprint density at radius 2 is 2.07 bits per heavy atom. The lowest BCUT2D eigenvalue weighted by atomic mass is 10.2. The molecule has 3 rings (SSSR count). The van der Waals surface area contributed by atoms with Gasteiger partial charge in [0, 0.05) is 23.7 Å². The van der Waals surface area contributed by atoms with Crippen LogP contribution in [0.25, 0.3) is 10.9 Å². The number of hydrogen-bond acceptors (Lipinski definition) is 1. The first-order valence-corrected chi connectivity index (χ1v) is 4.98. The highest BCUT2D eigenvalue weighted by atomic mass is 16.1. The van der Waals surface area contributed by atoms with Gasteiger partial charge in [0.15, 0.2) is 5.43 Å². The molecule has 0 amide bonds. The summed E-state index contributed by atoms with van der Waals surface area (Å²) in [4.78, 5) is 11.7. The first-order valence-electron chi connectivity index (χ1n) is 4.98. The summed E-state index contributed by atoms with van der Waals surface area (Å²) in [6.07, 6.45) is 2.20. The third-order valence-corrected chi connectivity index (χ3v) is 2.92. The molecule has 0 spiro atoms. The van der Waals surface area contributed by atoms with Gasteiger partial charge in [-0.1, -0.05) is 12.1 Å².